The summed E-state index contributed by atoms with van der Waals surface area (Å²) in [6.07, 6.45) is 0. The van der Waals surface area contributed by atoms with Crippen LogP contribution in [0.1, 0.15) is 23.5 Å². The molecule has 1 saturated heterocycles. The molecule has 0 amide bonds. The lowest BCUT2D eigenvalue weighted by atomic mass is 10.1. The maximum atomic E-state index is 5.69. The summed E-state index contributed by atoms with van der Waals surface area (Å²) >= 11 is 3.21. The van der Waals surface area contributed by atoms with Crippen LogP contribution >= 0.6 is 22.7 Å². The minimum atomic E-state index is 0.387. The molecule has 1 fully saturated rings. The molecule has 0 aliphatic carbocycles. The zero-order valence-electron chi connectivity index (χ0n) is 13.8. The number of nitrogens with two attached hydrogens (primary N) is 1. The van der Waals surface area contributed by atoms with E-state index in [1.807, 2.05) is 0 Å². The van der Waals surface area contributed by atoms with Gasteiger partial charge in [0.25, 0.3) is 0 Å². The molecule has 0 saturated carbocycles. The van der Waals surface area contributed by atoms with Gasteiger partial charge in [0, 0.05) is 32.2 Å². The van der Waals surface area contributed by atoms with Crippen molar-refractivity contribution in [2.75, 3.05) is 36.8 Å². The van der Waals surface area contributed by atoms with Crippen molar-refractivity contribution in [3.05, 3.63) is 28.8 Å². The van der Waals surface area contributed by atoms with Crippen LogP contribution in [0.2, 0.25) is 0 Å². The Hall–Kier alpha value is -1.77. The molecule has 2 aromatic heterocycles. The van der Waals surface area contributed by atoms with Gasteiger partial charge < -0.3 is 10.6 Å². The van der Waals surface area contributed by atoms with Crippen LogP contribution in [-0.2, 0) is 0 Å². The van der Waals surface area contributed by atoms with Crippen molar-refractivity contribution in [1.29, 1.82) is 0 Å². The Balaban J connectivity index is 1.45. The van der Waals surface area contributed by atoms with Crippen LogP contribution in [0.4, 0.5) is 10.3 Å². The molecule has 0 radical (unpaired) electrons. The fourth-order valence-electron chi connectivity index (χ4n) is 3.19. The quantitative estimate of drug-likeness (QED) is 0.774. The van der Waals surface area contributed by atoms with Gasteiger partial charge >= 0.3 is 0 Å². The number of anilines is 2. The molecule has 1 unspecified atom stereocenters. The van der Waals surface area contributed by atoms with Gasteiger partial charge in [-0.25, -0.2) is 4.98 Å². The molecule has 126 valence electrons. The number of piperazine rings is 1. The van der Waals surface area contributed by atoms with Crippen LogP contribution in [0.3, 0.4) is 0 Å². The molecular weight excluding hydrogens is 340 g/mol. The van der Waals surface area contributed by atoms with E-state index < -0.39 is 0 Å². The van der Waals surface area contributed by atoms with Crippen molar-refractivity contribution in [3.8, 4) is 0 Å². The molecule has 3 aromatic rings. The third kappa shape index (κ3) is 2.97. The second kappa shape index (κ2) is 6.27. The van der Waals surface area contributed by atoms with Crippen molar-refractivity contribution in [1.82, 2.24) is 20.1 Å². The molecule has 2 N–H and O–H groups in total. The summed E-state index contributed by atoms with van der Waals surface area (Å²) in [5, 5.41) is 10.6. The molecule has 1 aliphatic rings. The number of nitrogen functional groups attached to an aromatic ring is 1. The Bertz CT molecular complexity index is 849. The first-order valence-electron chi connectivity index (χ1n) is 8.05. The highest BCUT2D eigenvalue weighted by atomic mass is 32.1. The summed E-state index contributed by atoms with van der Waals surface area (Å²) in [4.78, 5) is 9.40. The number of hydrogen-bond donors (Lipinski definition) is 1. The summed E-state index contributed by atoms with van der Waals surface area (Å²) in [6, 6.07) is 7.06. The predicted molar refractivity (Wildman–Crippen MR) is 101 cm³/mol. The summed E-state index contributed by atoms with van der Waals surface area (Å²) in [5.41, 5.74) is 8.14. The Kier molecular flexibility index (Phi) is 4.11. The van der Waals surface area contributed by atoms with Crippen molar-refractivity contribution < 1.29 is 0 Å². The second-order valence-corrected chi connectivity index (χ2v) is 8.30. The smallest absolute Gasteiger partial charge is 0.210 e. The summed E-state index contributed by atoms with van der Waals surface area (Å²) in [5.74, 6) is 0. The lowest BCUT2D eigenvalue weighted by Crippen LogP contribution is -2.47. The summed E-state index contributed by atoms with van der Waals surface area (Å²) < 4.78 is 1.27. The van der Waals surface area contributed by atoms with Gasteiger partial charge in [-0.2, -0.15) is 0 Å². The number of thiazole rings is 1. The molecule has 24 heavy (non-hydrogen) atoms. The zero-order chi connectivity index (χ0) is 16.7. The fourth-order valence-corrected chi connectivity index (χ4v) is 4.65. The number of fused-ring (bicyclic) bond motifs is 1. The van der Waals surface area contributed by atoms with Gasteiger partial charge in [-0.05, 0) is 31.5 Å². The van der Waals surface area contributed by atoms with Crippen molar-refractivity contribution in [2.45, 2.75) is 19.9 Å². The Morgan fingerprint density at radius 3 is 2.62 bits per heavy atom. The zero-order valence-corrected chi connectivity index (χ0v) is 15.4. The fraction of sp³-hybridized carbons (Fsp3) is 0.438. The predicted octanol–water partition coefficient (Wildman–Crippen LogP) is 2.92. The maximum absolute atomic E-state index is 5.69. The van der Waals surface area contributed by atoms with Crippen LogP contribution in [0.15, 0.2) is 18.2 Å². The van der Waals surface area contributed by atoms with Gasteiger partial charge in [0.05, 0.1) is 15.2 Å². The van der Waals surface area contributed by atoms with Crippen molar-refractivity contribution in [3.63, 3.8) is 0 Å². The van der Waals surface area contributed by atoms with Gasteiger partial charge in [0.15, 0.2) is 0 Å². The van der Waals surface area contributed by atoms with E-state index in [1.54, 1.807) is 11.3 Å². The first kappa shape index (κ1) is 15.7. The molecule has 3 heterocycles. The number of nitrogens with zero attached hydrogens (tertiary/aromatic N) is 5. The standard InChI is InChI=1S/C16H20N6S2/c1-10(12-3-4-14-13(9-12)18-11(2)23-14)21-5-7-22(8-6-21)16-20-19-15(17)24-16/h3-4,9-10H,5-8H2,1-2H3,(H2,17,19). The Labute approximate surface area is 148 Å². The average molecular weight is 361 g/mol. The van der Waals surface area contributed by atoms with Gasteiger partial charge in [0.1, 0.15) is 0 Å². The molecule has 1 aromatic carbocycles. The third-order valence-corrected chi connectivity index (χ3v) is 6.33. The largest absolute Gasteiger partial charge is 0.374 e. The Morgan fingerprint density at radius 1 is 1.12 bits per heavy atom. The van der Waals surface area contributed by atoms with E-state index in [-0.39, 0.29) is 0 Å². The molecule has 8 heteroatoms. The molecule has 0 bridgehead atoms. The molecule has 1 aliphatic heterocycles. The number of aromatic nitrogens is 3. The highest BCUT2D eigenvalue weighted by Crippen LogP contribution is 2.29. The van der Waals surface area contributed by atoms with E-state index in [0.717, 1.165) is 41.8 Å². The van der Waals surface area contributed by atoms with E-state index in [0.29, 0.717) is 11.2 Å². The van der Waals surface area contributed by atoms with Crippen LogP contribution in [0, 0.1) is 6.92 Å². The summed E-state index contributed by atoms with van der Waals surface area (Å²) in [7, 11) is 0. The van der Waals surface area contributed by atoms with Gasteiger partial charge in [0.2, 0.25) is 10.3 Å². The first-order chi connectivity index (χ1) is 11.6. The normalized spacial score (nSPS) is 17.5. The topological polar surface area (TPSA) is 71.2 Å². The molecule has 6 nitrogen and oxygen atoms in total. The van der Waals surface area contributed by atoms with Gasteiger partial charge in [-0.1, -0.05) is 17.4 Å². The van der Waals surface area contributed by atoms with Crippen LogP contribution in [-0.4, -0.2) is 46.3 Å². The highest BCUT2D eigenvalue weighted by molar-refractivity contribution is 7.19. The van der Waals surface area contributed by atoms with Gasteiger partial charge in [-0.3, -0.25) is 4.90 Å². The molecular formula is C16H20N6S2. The minimum absolute atomic E-state index is 0.387. The lowest BCUT2D eigenvalue weighted by Gasteiger charge is -2.37. The van der Waals surface area contributed by atoms with E-state index >= 15 is 0 Å². The number of rotatable bonds is 3. The van der Waals surface area contributed by atoms with Gasteiger partial charge in [-0.15, -0.1) is 21.5 Å². The van der Waals surface area contributed by atoms with Crippen LogP contribution < -0.4 is 10.6 Å². The van der Waals surface area contributed by atoms with Crippen LogP contribution in [0.5, 0.6) is 0 Å². The van der Waals surface area contributed by atoms with Crippen molar-refractivity contribution >= 4 is 43.2 Å². The third-order valence-electron chi connectivity index (χ3n) is 4.56. The lowest BCUT2D eigenvalue weighted by molar-refractivity contribution is 0.198. The molecule has 4 rings (SSSR count). The van der Waals surface area contributed by atoms with E-state index in [2.05, 4.69) is 57.0 Å². The molecule has 1 atom stereocenters. The molecule has 0 spiro atoms. The van der Waals surface area contributed by atoms with E-state index in [9.17, 15) is 0 Å². The highest BCUT2D eigenvalue weighted by Gasteiger charge is 2.24. The Morgan fingerprint density at radius 2 is 1.92 bits per heavy atom. The van der Waals surface area contributed by atoms with Crippen LogP contribution in [0.25, 0.3) is 10.2 Å². The number of aryl methyl sites for hydroxylation is 1. The number of benzene rings is 1. The summed E-state index contributed by atoms with van der Waals surface area (Å²) in [6.45, 7) is 8.27. The first-order valence-corrected chi connectivity index (χ1v) is 9.68. The monoisotopic (exact) mass is 360 g/mol. The van der Waals surface area contributed by atoms with E-state index in [4.69, 9.17) is 5.73 Å². The SMILES string of the molecule is Cc1nc2cc(C(C)N3CCN(c4nnc(N)s4)CC3)ccc2s1. The maximum Gasteiger partial charge on any atom is 0.210 e. The second-order valence-electron chi connectivity index (χ2n) is 6.08. The number of hydrogen-bond acceptors (Lipinski definition) is 8. The minimum Gasteiger partial charge on any atom is -0.374 e. The average Bonchev–Trinajstić information content (AvgIpc) is 3.18. The van der Waals surface area contributed by atoms with E-state index in [1.165, 1.54) is 21.6 Å². The van der Waals surface area contributed by atoms with Crippen molar-refractivity contribution in [2.24, 2.45) is 0 Å².